The smallest absolute Gasteiger partial charge is 0.339 e. The van der Waals surface area contributed by atoms with E-state index in [-0.39, 0.29) is 5.97 Å². The number of hydrogen-bond acceptors (Lipinski definition) is 3. The van der Waals surface area contributed by atoms with Gasteiger partial charge in [-0.1, -0.05) is 5.57 Å². The Bertz CT molecular complexity index is 228. The van der Waals surface area contributed by atoms with E-state index in [0.29, 0.717) is 5.57 Å². The van der Waals surface area contributed by atoms with Crippen LogP contribution >= 0.6 is 0 Å². The highest BCUT2D eigenvalue weighted by Crippen LogP contribution is 2.12. The summed E-state index contributed by atoms with van der Waals surface area (Å²) in [6.07, 6.45) is 2.45. The number of aliphatic imine (C=N–C) groups is 1. The molecular weight excluding hydrogens is 142 g/mol. The summed E-state index contributed by atoms with van der Waals surface area (Å²) < 4.78 is 4.57. The Balaban J connectivity index is 2.83. The molecule has 3 heteroatoms. The zero-order valence-corrected chi connectivity index (χ0v) is 6.76. The summed E-state index contributed by atoms with van der Waals surface area (Å²) in [5, 5.41) is 0. The van der Waals surface area contributed by atoms with Crippen molar-refractivity contribution >= 4 is 12.2 Å². The van der Waals surface area contributed by atoms with E-state index in [9.17, 15) is 4.79 Å². The van der Waals surface area contributed by atoms with Gasteiger partial charge in [-0.15, -0.1) is 0 Å². The van der Waals surface area contributed by atoms with Crippen LogP contribution in [0.1, 0.15) is 13.3 Å². The van der Waals surface area contributed by atoms with Gasteiger partial charge in [-0.05, 0) is 13.3 Å². The molecule has 0 fully saturated rings. The SMILES string of the molecule is COC(=O)C1=C(C)CCN=C1. The average molecular weight is 153 g/mol. The van der Waals surface area contributed by atoms with Gasteiger partial charge in [0, 0.05) is 12.8 Å². The highest BCUT2D eigenvalue weighted by Gasteiger charge is 2.12. The van der Waals surface area contributed by atoms with Gasteiger partial charge in [-0.3, -0.25) is 4.99 Å². The van der Waals surface area contributed by atoms with Crippen molar-refractivity contribution < 1.29 is 9.53 Å². The maximum Gasteiger partial charge on any atom is 0.339 e. The van der Waals surface area contributed by atoms with Gasteiger partial charge in [-0.25, -0.2) is 4.79 Å². The first-order valence-corrected chi connectivity index (χ1v) is 3.53. The quantitative estimate of drug-likeness (QED) is 0.526. The summed E-state index contributed by atoms with van der Waals surface area (Å²) in [7, 11) is 1.38. The minimum Gasteiger partial charge on any atom is -0.465 e. The minimum absolute atomic E-state index is 0.286. The molecule has 0 unspecified atom stereocenters. The third-order valence-corrected chi connectivity index (χ3v) is 1.70. The Morgan fingerprint density at radius 1 is 1.73 bits per heavy atom. The number of hydrogen-bond donors (Lipinski definition) is 0. The van der Waals surface area contributed by atoms with Crippen LogP contribution in [0.4, 0.5) is 0 Å². The molecule has 3 nitrogen and oxygen atoms in total. The van der Waals surface area contributed by atoms with Crippen molar-refractivity contribution in [3.05, 3.63) is 11.1 Å². The number of ether oxygens (including phenoxy) is 1. The molecule has 0 bridgehead atoms. The van der Waals surface area contributed by atoms with Crippen LogP contribution in [-0.2, 0) is 9.53 Å². The van der Waals surface area contributed by atoms with Crippen LogP contribution in [0, 0.1) is 0 Å². The van der Waals surface area contributed by atoms with Crippen molar-refractivity contribution in [2.24, 2.45) is 4.99 Å². The van der Waals surface area contributed by atoms with Crippen LogP contribution in [0.25, 0.3) is 0 Å². The lowest BCUT2D eigenvalue weighted by Crippen LogP contribution is -2.11. The van der Waals surface area contributed by atoms with E-state index >= 15 is 0 Å². The highest BCUT2D eigenvalue weighted by molar-refractivity contribution is 6.10. The van der Waals surface area contributed by atoms with Crippen LogP contribution in [0.15, 0.2) is 16.1 Å². The van der Waals surface area contributed by atoms with Gasteiger partial charge in [0.1, 0.15) is 0 Å². The maximum atomic E-state index is 11.0. The summed E-state index contributed by atoms with van der Waals surface area (Å²) in [5.41, 5.74) is 1.67. The Hall–Kier alpha value is -1.12. The first-order valence-electron chi connectivity index (χ1n) is 3.53. The van der Waals surface area contributed by atoms with Crippen molar-refractivity contribution in [1.82, 2.24) is 0 Å². The largest absolute Gasteiger partial charge is 0.465 e. The molecule has 1 aliphatic heterocycles. The van der Waals surface area contributed by atoms with E-state index < -0.39 is 0 Å². The molecule has 0 atom stereocenters. The first kappa shape index (κ1) is 7.98. The molecule has 11 heavy (non-hydrogen) atoms. The third kappa shape index (κ3) is 1.67. The topological polar surface area (TPSA) is 38.7 Å². The molecule has 1 heterocycles. The maximum absolute atomic E-state index is 11.0. The van der Waals surface area contributed by atoms with Crippen molar-refractivity contribution in [2.45, 2.75) is 13.3 Å². The van der Waals surface area contributed by atoms with Crippen molar-refractivity contribution in [3.63, 3.8) is 0 Å². The minimum atomic E-state index is -0.286. The first-order chi connectivity index (χ1) is 5.25. The molecule has 0 amide bonds. The van der Waals surface area contributed by atoms with E-state index in [2.05, 4.69) is 9.73 Å². The fraction of sp³-hybridized carbons (Fsp3) is 0.500. The predicted octanol–water partition coefficient (Wildman–Crippen LogP) is 0.950. The second kappa shape index (κ2) is 3.32. The lowest BCUT2D eigenvalue weighted by atomic mass is 10.1. The number of nitrogens with zero attached hydrogens (tertiary/aromatic N) is 1. The van der Waals surface area contributed by atoms with E-state index in [1.54, 1.807) is 6.21 Å². The van der Waals surface area contributed by atoms with E-state index in [1.165, 1.54) is 7.11 Å². The zero-order valence-electron chi connectivity index (χ0n) is 6.76. The zero-order chi connectivity index (χ0) is 8.27. The monoisotopic (exact) mass is 153 g/mol. The van der Waals surface area contributed by atoms with Gasteiger partial charge < -0.3 is 4.74 Å². The molecule has 0 radical (unpaired) electrons. The molecule has 60 valence electrons. The Morgan fingerprint density at radius 3 is 3.00 bits per heavy atom. The van der Waals surface area contributed by atoms with E-state index in [4.69, 9.17) is 0 Å². The van der Waals surface area contributed by atoms with Crippen molar-refractivity contribution in [3.8, 4) is 0 Å². The molecule has 0 aromatic rings. The summed E-state index contributed by atoms with van der Waals surface area (Å²) in [6, 6.07) is 0. The summed E-state index contributed by atoms with van der Waals surface area (Å²) in [4.78, 5) is 15.0. The summed E-state index contributed by atoms with van der Waals surface area (Å²) in [5.74, 6) is -0.286. The number of dihydropyridines is 1. The lowest BCUT2D eigenvalue weighted by molar-refractivity contribution is -0.135. The Kier molecular flexibility index (Phi) is 2.41. The fourth-order valence-corrected chi connectivity index (χ4v) is 0.970. The number of esters is 1. The number of carbonyl (C=O) groups excluding carboxylic acids is 1. The van der Waals surface area contributed by atoms with Crippen LogP contribution in [0.2, 0.25) is 0 Å². The molecular formula is C8H11NO2. The molecule has 0 aromatic heterocycles. The van der Waals surface area contributed by atoms with Gasteiger partial charge >= 0.3 is 5.97 Å². The van der Waals surface area contributed by atoms with Gasteiger partial charge in [-0.2, -0.15) is 0 Å². The second-order valence-electron chi connectivity index (χ2n) is 2.47. The van der Waals surface area contributed by atoms with Gasteiger partial charge in [0.05, 0.1) is 12.7 Å². The standard InChI is InChI=1S/C8H11NO2/c1-6-3-4-9-5-7(6)8(10)11-2/h5H,3-4H2,1-2H3. The third-order valence-electron chi connectivity index (χ3n) is 1.70. The molecule has 1 rings (SSSR count). The molecule has 1 aliphatic rings. The molecule has 0 aliphatic carbocycles. The second-order valence-corrected chi connectivity index (χ2v) is 2.47. The van der Waals surface area contributed by atoms with E-state index in [1.807, 2.05) is 6.92 Å². The normalized spacial score (nSPS) is 16.9. The van der Waals surface area contributed by atoms with Crippen LogP contribution < -0.4 is 0 Å². The van der Waals surface area contributed by atoms with Gasteiger partial charge in [0.15, 0.2) is 0 Å². The lowest BCUT2D eigenvalue weighted by Gasteiger charge is -2.08. The summed E-state index contributed by atoms with van der Waals surface area (Å²) in [6.45, 7) is 2.71. The Morgan fingerprint density at radius 2 is 2.45 bits per heavy atom. The molecule has 0 saturated heterocycles. The van der Waals surface area contributed by atoms with Crippen LogP contribution in [-0.4, -0.2) is 25.8 Å². The number of carbonyl (C=O) groups is 1. The van der Waals surface area contributed by atoms with Gasteiger partial charge in [0.2, 0.25) is 0 Å². The van der Waals surface area contributed by atoms with Gasteiger partial charge in [0.25, 0.3) is 0 Å². The highest BCUT2D eigenvalue weighted by atomic mass is 16.5. The summed E-state index contributed by atoms with van der Waals surface area (Å²) >= 11 is 0. The number of rotatable bonds is 1. The van der Waals surface area contributed by atoms with Crippen molar-refractivity contribution in [2.75, 3.05) is 13.7 Å². The average Bonchev–Trinajstić information content (AvgIpc) is 2.04. The van der Waals surface area contributed by atoms with Crippen molar-refractivity contribution in [1.29, 1.82) is 0 Å². The Labute approximate surface area is 65.8 Å². The number of methoxy groups -OCH3 is 1. The molecule has 0 spiro atoms. The molecule has 0 N–H and O–H groups in total. The molecule has 0 saturated carbocycles. The molecule has 0 aromatic carbocycles. The van der Waals surface area contributed by atoms with Crippen LogP contribution in [0.5, 0.6) is 0 Å². The fourth-order valence-electron chi connectivity index (χ4n) is 0.970. The predicted molar refractivity (Wildman–Crippen MR) is 42.7 cm³/mol. The van der Waals surface area contributed by atoms with E-state index in [0.717, 1.165) is 18.5 Å². The van der Waals surface area contributed by atoms with Crippen LogP contribution in [0.3, 0.4) is 0 Å².